The first-order valence-electron chi connectivity index (χ1n) is 5.76. The van der Waals surface area contributed by atoms with E-state index < -0.39 is 0 Å². The first-order valence-corrected chi connectivity index (χ1v) is 6.60. The van der Waals surface area contributed by atoms with Crippen LogP contribution in [0.2, 0.25) is 0 Å². The molecule has 0 radical (unpaired) electrons. The Morgan fingerprint density at radius 3 is 2.83 bits per heavy atom. The van der Waals surface area contributed by atoms with Gasteiger partial charge in [-0.1, -0.05) is 10.6 Å². The van der Waals surface area contributed by atoms with Crippen LogP contribution >= 0.6 is 11.5 Å². The van der Waals surface area contributed by atoms with Crippen LogP contribution in [0.15, 0.2) is 23.6 Å². The summed E-state index contributed by atoms with van der Waals surface area (Å²) < 4.78 is 15.1. The van der Waals surface area contributed by atoms with Crippen LogP contribution in [0.3, 0.4) is 0 Å². The molecule has 18 heavy (non-hydrogen) atoms. The lowest BCUT2D eigenvalue weighted by Gasteiger charge is -2.12. The third kappa shape index (κ3) is 2.16. The lowest BCUT2D eigenvalue weighted by molar-refractivity contribution is 0.297. The van der Waals surface area contributed by atoms with Crippen LogP contribution in [0.5, 0.6) is 11.5 Å². The Bertz CT molecular complexity index is 530. The van der Waals surface area contributed by atoms with E-state index in [2.05, 4.69) is 9.59 Å². The highest BCUT2D eigenvalue weighted by Crippen LogP contribution is 2.33. The molecule has 5 nitrogen and oxygen atoms in total. The second-order valence-electron chi connectivity index (χ2n) is 4.06. The van der Waals surface area contributed by atoms with Gasteiger partial charge in [0.2, 0.25) is 0 Å². The van der Waals surface area contributed by atoms with E-state index in [1.165, 1.54) is 11.5 Å². The number of hydrogen-bond acceptors (Lipinski definition) is 6. The van der Waals surface area contributed by atoms with Crippen molar-refractivity contribution < 1.29 is 9.47 Å². The summed E-state index contributed by atoms with van der Waals surface area (Å²) in [6, 6.07) is 5.48. The van der Waals surface area contributed by atoms with Crippen LogP contribution in [0, 0.1) is 0 Å². The molecule has 0 amide bonds. The first-order chi connectivity index (χ1) is 8.84. The molecule has 0 fully saturated rings. The number of ether oxygens (including phenoxy) is 2. The molecule has 3 rings (SSSR count). The van der Waals surface area contributed by atoms with Crippen molar-refractivity contribution >= 4 is 11.5 Å². The predicted molar refractivity (Wildman–Crippen MR) is 68.0 cm³/mol. The summed E-state index contributed by atoms with van der Waals surface area (Å²) in [7, 11) is 0. The number of nitrogens with two attached hydrogens (primary N) is 1. The van der Waals surface area contributed by atoms with Gasteiger partial charge < -0.3 is 15.2 Å². The van der Waals surface area contributed by atoms with Crippen molar-refractivity contribution in [3.05, 3.63) is 34.8 Å². The minimum atomic E-state index is -0.277. The largest absolute Gasteiger partial charge is 0.490 e. The van der Waals surface area contributed by atoms with Gasteiger partial charge in [-0.2, -0.15) is 0 Å². The number of aromatic nitrogens is 2. The maximum atomic E-state index is 6.14. The molecule has 1 aliphatic heterocycles. The fourth-order valence-electron chi connectivity index (χ4n) is 1.85. The van der Waals surface area contributed by atoms with E-state index >= 15 is 0 Å². The van der Waals surface area contributed by atoms with Crippen molar-refractivity contribution in [1.29, 1.82) is 0 Å². The van der Waals surface area contributed by atoms with Crippen LogP contribution in [-0.4, -0.2) is 22.8 Å². The Kier molecular flexibility index (Phi) is 3.12. The summed E-state index contributed by atoms with van der Waals surface area (Å²) >= 11 is 1.30. The fourth-order valence-corrected chi connectivity index (χ4v) is 2.34. The molecule has 0 saturated carbocycles. The van der Waals surface area contributed by atoms with E-state index in [9.17, 15) is 0 Å². The molecule has 0 aliphatic carbocycles. The second-order valence-corrected chi connectivity index (χ2v) is 4.67. The molecule has 2 N–H and O–H groups in total. The Morgan fingerprint density at radius 1 is 1.22 bits per heavy atom. The van der Waals surface area contributed by atoms with Crippen LogP contribution in [-0.2, 0) is 0 Å². The topological polar surface area (TPSA) is 70.3 Å². The van der Waals surface area contributed by atoms with Gasteiger partial charge in [-0.25, -0.2) is 0 Å². The first kappa shape index (κ1) is 11.4. The van der Waals surface area contributed by atoms with Gasteiger partial charge in [-0.3, -0.25) is 0 Å². The number of rotatable bonds is 2. The zero-order valence-corrected chi connectivity index (χ0v) is 10.5. The molecule has 1 unspecified atom stereocenters. The van der Waals surface area contributed by atoms with E-state index in [0.717, 1.165) is 29.2 Å². The average Bonchev–Trinajstić information content (AvgIpc) is 2.83. The molecule has 94 valence electrons. The monoisotopic (exact) mass is 263 g/mol. The molecule has 1 atom stereocenters. The molecule has 6 heteroatoms. The third-order valence-electron chi connectivity index (χ3n) is 2.83. The molecule has 0 bridgehead atoms. The molecule has 0 saturated heterocycles. The summed E-state index contributed by atoms with van der Waals surface area (Å²) in [5.41, 5.74) is 7.86. The molecule has 1 aliphatic rings. The highest BCUT2D eigenvalue weighted by molar-refractivity contribution is 7.03. The Labute approximate surface area is 109 Å². The lowest BCUT2D eigenvalue weighted by atomic mass is 10.1. The Hall–Kier alpha value is -1.66. The Morgan fingerprint density at radius 2 is 2.06 bits per heavy atom. The standard InChI is InChI=1S/C12H13N3O2S/c13-12(9-7-18-15-14-9)8-2-3-10-11(6-8)17-5-1-4-16-10/h2-3,6-7,12H,1,4-5,13H2. The van der Waals surface area contributed by atoms with E-state index in [1.807, 2.05) is 23.6 Å². The van der Waals surface area contributed by atoms with Crippen LogP contribution < -0.4 is 15.2 Å². The van der Waals surface area contributed by atoms with Crippen molar-refractivity contribution in [3.8, 4) is 11.5 Å². The van der Waals surface area contributed by atoms with Crippen molar-refractivity contribution in [1.82, 2.24) is 9.59 Å². The van der Waals surface area contributed by atoms with Crippen LogP contribution in [0.1, 0.15) is 23.7 Å². The van der Waals surface area contributed by atoms with Crippen molar-refractivity contribution in [2.45, 2.75) is 12.5 Å². The van der Waals surface area contributed by atoms with Gasteiger partial charge in [-0.05, 0) is 29.2 Å². The van der Waals surface area contributed by atoms with Gasteiger partial charge in [0, 0.05) is 11.8 Å². The second kappa shape index (κ2) is 4.91. The number of nitrogens with zero attached hydrogens (tertiary/aromatic N) is 2. The van der Waals surface area contributed by atoms with Crippen LogP contribution in [0.4, 0.5) is 0 Å². The van der Waals surface area contributed by atoms with E-state index in [1.54, 1.807) is 0 Å². The highest BCUT2D eigenvalue weighted by Gasteiger charge is 2.16. The molecule has 0 spiro atoms. The lowest BCUT2D eigenvalue weighted by Crippen LogP contribution is -2.12. The van der Waals surface area contributed by atoms with Crippen molar-refractivity contribution in [2.24, 2.45) is 5.73 Å². The molecule has 2 aromatic rings. The van der Waals surface area contributed by atoms with E-state index in [4.69, 9.17) is 15.2 Å². The molecular formula is C12H13N3O2S. The minimum Gasteiger partial charge on any atom is -0.490 e. The molecular weight excluding hydrogens is 250 g/mol. The fraction of sp³-hybridized carbons (Fsp3) is 0.333. The summed E-state index contributed by atoms with van der Waals surface area (Å²) in [6.07, 6.45) is 0.895. The maximum absolute atomic E-state index is 6.14. The number of fused-ring (bicyclic) bond motifs is 1. The predicted octanol–water partition coefficient (Wildman–Crippen LogP) is 1.75. The number of hydrogen-bond donors (Lipinski definition) is 1. The average molecular weight is 263 g/mol. The zero-order valence-electron chi connectivity index (χ0n) is 9.70. The zero-order chi connectivity index (χ0) is 12.4. The number of benzene rings is 1. The van der Waals surface area contributed by atoms with E-state index in [0.29, 0.717) is 13.2 Å². The van der Waals surface area contributed by atoms with Crippen molar-refractivity contribution in [3.63, 3.8) is 0 Å². The highest BCUT2D eigenvalue weighted by atomic mass is 32.1. The smallest absolute Gasteiger partial charge is 0.161 e. The van der Waals surface area contributed by atoms with Gasteiger partial charge in [0.1, 0.15) is 0 Å². The SMILES string of the molecule is NC(c1ccc2c(c1)OCCCO2)c1csnn1. The minimum absolute atomic E-state index is 0.277. The summed E-state index contributed by atoms with van der Waals surface area (Å²) in [4.78, 5) is 0. The van der Waals surface area contributed by atoms with Crippen LogP contribution in [0.25, 0.3) is 0 Å². The molecule has 1 aromatic carbocycles. The summed E-state index contributed by atoms with van der Waals surface area (Å²) in [5, 5.41) is 5.85. The molecule has 2 heterocycles. The van der Waals surface area contributed by atoms with Gasteiger partial charge in [0.15, 0.2) is 11.5 Å². The van der Waals surface area contributed by atoms with Crippen molar-refractivity contribution in [2.75, 3.05) is 13.2 Å². The summed E-state index contributed by atoms with van der Waals surface area (Å²) in [6.45, 7) is 1.36. The maximum Gasteiger partial charge on any atom is 0.161 e. The van der Waals surface area contributed by atoms with Gasteiger partial charge in [0.25, 0.3) is 0 Å². The van der Waals surface area contributed by atoms with Gasteiger partial charge >= 0.3 is 0 Å². The Balaban J connectivity index is 1.92. The normalized spacial score (nSPS) is 16.1. The van der Waals surface area contributed by atoms with Gasteiger partial charge in [0.05, 0.1) is 24.9 Å². The summed E-state index contributed by atoms with van der Waals surface area (Å²) in [5.74, 6) is 1.53. The third-order valence-corrected chi connectivity index (χ3v) is 3.35. The van der Waals surface area contributed by atoms with Gasteiger partial charge in [-0.15, -0.1) is 5.10 Å². The molecule has 1 aromatic heterocycles. The van der Waals surface area contributed by atoms with E-state index in [-0.39, 0.29) is 6.04 Å². The quantitative estimate of drug-likeness (QED) is 0.893.